The summed E-state index contributed by atoms with van der Waals surface area (Å²) in [6.07, 6.45) is 0. The molecule has 4 heteroatoms. The molecule has 1 fully saturated rings. The number of halogens is 1. The van der Waals surface area contributed by atoms with E-state index in [4.69, 9.17) is 11.6 Å². The fraction of sp³-hybridized carbons (Fsp3) is 0.300. The normalized spacial score (nSPS) is 16.1. The highest BCUT2D eigenvalue weighted by Gasteiger charge is 2.20. The van der Waals surface area contributed by atoms with Crippen LogP contribution in [0.5, 0.6) is 0 Å². The van der Waals surface area contributed by atoms with E-state index in [1.165, 1.54) is 0 Å². The van der Waals surface area contributed by atoms with Crippen molar-refractivity contribution in [2.24, 2.45) is 0 Å². The molecule has 0 atom stereocenters. The van der Waals surface area contributed by atoms with Crippen molar-refractivity contribution in [2.45, 2.75) is 6.04 Å². The Balaban J connectivity index is 2.06. The van der Waals surface area contributed by atoms with Gasteiger partial charge in [0.25, 0.3) is 5.91 Å². The summed E-state index contributed by atoms with van der Waals surface area (Å²) in [7, 11) is 0. The predicted molar refractivity (Wildman–Crippen MR) is 55.6 cm³/mol. The summed E-state index contributed by atoms with van der Waals surface area (Å²) in [4.78, 5) is 11.6. The molecular weight excluding hydrogens is 200 g/mol. The molecule has 1 aliphatic heterocycles. The number of amides is 1. The van der Waals surface area contributed by atoms with Gasteiger partial charge in [0.1, 0.15) is 0 Å². The zero-order valence-electron chi connectivity index (χ0n) is 7.59. The Labute approximate surface area is 87.4 Å². The molecule has 1 heterocycles. The lowest BCUT2D eigenvalue weighted by molar-refractivity contribution is 0.0924. The number of rotatable bonds is 2. The zero-order chi connectivity index (χ0) is 9.97. The maximum absolute atomic E-state index is 11.6. The molecule has 0 bridgehead atoms. The molecule has 0 aliphatic carbocycles. The van der Waals surface area contributed by atoms with E-state index < -0.39 is 0 Å². The van der Waals surface area contributed by atoms with Crippen LogP contribution in [0.1, 0.15) is 10.4 Å². The van der Waals surface area contributed by atoms with Gasteiger partial charge < -0.3 is 10.6 Å². The van der Waals surface area contributed by atoms with Crippen molar-refractivity contribution in [1.29, 1.82) is 0 Å². The quantitative estimate of drug-likeness (QED) is 0.766. The van der Waals surface area contributed by atoms with Crippen LogP contribution in [0.4, 0.5) is 0 Å². The first kappa shape index (κ1) is 9.49. The van der Waals surface area contributed by atoms with Crippen LogP contribution in [-0.2, 0) is 0 Å². The minimum atomic E-state index is -0.0953. The van der Waals surface area contributed by atoms with Crippen molar-refractivity contribution in [1.82, 2.24) is 10.6 Å². The Morgan fingerprint density at radius 2 is 2.14 bits per heavy atom. The van der Waals surface area contributed by atoms with Crippen LogP contribution in [0.25, 0.3) is 0 Å². The second-order valence-electron chi connectivity index (χ2n) is 3.31. The Hall–Kier alpha value is -1.06. The first-order valence-electron chi connectivity index (χ1n) is 4.53. The summed E-state index contributed by atoms with van der Waals surface area (Å²) in [6, 6.07) is 7.31. The minimum Gasteiger partial charge on any atom is -0.347 e. The molecular formula is C10H11ClN2O. The van der Waals surface area contributed by atoms with E-state index in [-0.39, 0.29) is 11.9 Å². The van der Waals surface area contributed by atoms with E-state index in [1.54, 1.807) is 18.2 Å². The zero-order valence-corrected chi connectivity index (χ0v) is 8.34. The third kappa shape index (κ3) is 1.89. The average molecular weight is 211 g/mol. The first-order chi connectivity index (χ1) is 6.77. The van der Waals surface area contributed by atoms with Crippen LogP contribution >= 0.6 is 11.6 Å². The van der Waals surface area contributed by atoms with Gasteiger partial charge in [-0.3, -0.25) is 4.79 Å². The summed E-state index contributed by atoms with van der Waals surface area (Å²) in [5, 5.41) is 6.47. The van der Waals surface area contributed by atoms with Gasteiger partial charge in [0.2, 0.25) is 0 Å². The largest absolute Gasteiger partial charge is 0.347 e. The molecule has 1 aromatic rings. The molecule has 2 rings (SSSR count). The van der Waals surface area contributed by atoms with E-state index in [9.17, 15) is 4.79 Å². The summed E-state index contributed by atoms with van der Waals surface area (Å²) >= 11 is 5.89. The lowest BCUT2D eigenvalue weighted by Gasteiger charge is -2.28. The average Bonchev–Trinajstić information content (AvgIpc) is 2.12. The number of nitrogens with one attached hydrogen (secondary N) is 2. The molecule has 1 aromatic carbocycles. The number of benzene rings is 1. The molecule has 3 nitrogen and oxygen atoms in total. The van der Waals surface area contributed by atoms with Crippen molar-refractivity contribution < 1.29 is 4.79 Å². The number of carbonyl (C=O) groups is 1. The Morgan fingerprint density at radius 3 is 2.71 bits per heavy atom. The fourth-order valence-corrected chi connectivity index (χ4v) is 1.52. The van der Waals surface area contributed by atoms with E-state index in [2.05, 4.69) is 10.6 Å². The number of hydrogen-bond donors (Lipinski definition) is 2. The topological polar surface area (TPSA) is 41.1 Å². The molecule has 74 valence electrons. The molecule has 1 aliphatic rings. The smallest absolute Gasteiger partial charge is 0.253 e. The van der Waals surface area contributed by atoms with Gasteiger partial charge in [0.05, 0.1) is 16.6 Å². The molecule has 1 amide bonds. The predicted octanol–water partition coefficient (Wildman–Crippen LogP) is 1.04. The summed E-state index contributed by atoms with van der Waals surface area (Å²) in [5.41, 5.74) is 0.543. The van der Waals surface area contributed by atoms with Crippen LogP contribution in [0.15, 0.2) is 24.3 Å². The van der Waals surface area contributed by atoms with E-state index in [1.807, 2.05) is 6.07 Å². The summed E-state index contributed by atoms with van der Waals surface area (Å²) in [6.45, 7) is 1.69. The third-order valence-electron chi connectivity index (χ3n) is 2.24. The van der Waals surface area contributed by atoms with Crippen LogP contribution in [-0.4, -0.2) is 25.0 Å². The molecule has 0 unspecified atom stereocenters. The Kier molecular flexibility index (Phi) is 2.70. The molecule has 1 saturated heterocycles. The first-order valence-corrected chi connectivity index (χ1v) is 4.91. The van der Waals surface area contributed by atoms with Crippen LogP contribution in [0.2, 0.25) is 5.02 Å². The van der Waals surface area contributed by atoms with Gasteiger partial charge in [-0.2, -0.15) is 0 Å². The number of carbonyl (C=O) groups excluding carboxylic acids is 1. The molecule has 0 radical (unpaired) electrons. The van der Waals surface area contributed by atoms with Crippen molar-refractivity contribution in [3.05, 3.63) is 34.9 Å². The minimum absolute atomic E-state index is 0.0953. The van der Waals surface area contributed by atoms with Crippen LogP contribution in [0.3, 0.4) is 0 Å². The fourth-order valence-electron chi connectivity index (χ4n) is 1.30. The lowest BCUT2D eigenvalue weighted by atomic mass is 10.1. The van der Waals surface area contributed by atoms with Gasteiger partial charge in [-0.1, -0.05) is 23.7 Å². The van der Waals surface area contributed by atoms with Crippen molar-refractivity contribution in [3.63, 3.8) is 0 Å². The van der Waals surface area contributed by atoms with Gasteiger partial charge >= 0.3 is 0 Å². The summed E-state index contributed by atoms with van der Waals surface area (Å²) < 4.78 is 0. The van der Waals surface area contributed by atoms with Gasteiger partial charge in [0.15, 0.2) is 0 Å². The second-order valence-corrected chi connectivity index (χ2v) is 3.72. The maximum atomic E-state index is 11.6. The molecule has 0 saturated carbocycles. The third-order valence-corrected chi connectivity index (χ3v) is 2.56. The van der Waals surface area contributed by atoms with Gasteiger partial charge in [0, 0.05) is 13.1 Å². The molecule has 0 aromatic heterocycles. The standard InChI is InChI=1S/C10H11ClN2O/c11-9-4-2-1-3-8(9)10(14)13-7-5-12-6-7/h1-4,7,12H,5-6H2,(H,13,14). The van der Waals surface area contributed by atoms with Gasteiger partial charge in [-0.25, -0.2) is 0 Å². The Morgan fingerprint density at radius 1 is 1.43 bits per heavy atom. The van der Waals surface area contributed by atoms with E-state index in [0.29, 0.717) is 10.6 Å². The van der Waals surface area contributed by atoms with E-state index in [0.717, 1.165) is 13.1 Å². The molecule has 14 heavy (non-hydrogen) atoms. The van der Waals surface area contributed by atoms with Crippen molar-refractivity contribution in [2.75, 3.05) is 13.1 Å². The number of hydrogen-bond acceptors (Lipinski definition) is 2. The molecule has 0 spiro atoms. The van der Waals surface area contributed by atoms with Gasteiger partial charge in [-0.05, 0) is 12.1 Å². The van der Waals surface area contributed by atoms with Crippen LogP contribution < -0.4 is 10.6 Å². The molecule has 2 N–H and O–H groups in total. The lowest BCUT2D eigenvalue weighted by Crippen LogP contribution is -2.56. The SMILES string of the molecule is O=C(NC1CNC1)c1ccccc1Cl. The monoisotopic (exact) mass is 210 g/mol. The van der Waals surface area contributed by atoms with Crippen molar-refractivity contribution >= 4 is 17.5 Å². The van der Waals surface area contributed by atoms with Crippen molar-refractivity contribution in [3.8, 4) is 0 Å². The Bertz CT molecular complexity index is 350. The van der Waals surface area contributed by atoms with Crippen LogP contribution in [0, 0.1) is 0 Å². The maximum Gasteiger partial charge on any atom is 0.253 e. The summed E-state index contributed by atoms with van der Waals surface area (Å²) in [5.74, 6) is -0.0953. The highest BCUT2D eigenvalue weighted by Crippen LogP contribution is 2.14. The van der Waals surface area contributed by atoms with Gasteiger partial charge in [-0.15, -0.1) is 0 Å². The highest BCUT2D eigenvalue weighted by atomic mass is 35.5. The second kappa shape index (κ2) is 3.98. The highest BCUT2D eigenvalue weighted by molar-refractivity contribution is 6.33. The van der Waals surface area contributed by atoms with E-state index >= 15 is 0 Å².